The second kappa shape index (κ2) is 6.69. The van der Waals surface area contributed by atoms with Gasteiger partial charge < -0.3 is 10.0 Å². The number of anilines is 1. The molecule has 2 aromatic carbocycles. The Hall–Kier alpha value is -2.27. The van der Waals surface area contributed by atoms with Crippen LogP contribution in [0.3, 0.4) is 0 Å². The normalized spacial score (nSPS) is 20.6. The summed E-state index contributed by atoms with van der Waals surface area (Å²) < 4.78 is 26.4. The Bertz CT molecular complexity index is 715. The van der Waals surface area contributed by atoms with Crippen LogP contribution in [-0.4, -0.2) is 23.2 Å². The van der Waals surface area contributed by atoms with Crippen molar-refractivity contribution in [3.8, 4) is 0 Å². The number of carbonyl (C=O) groups excluding carboxylic acids is 1. The summed E-state index contributed by atoms with van der Waals surface area (Å²) in [6.45, 7) is 0.466. The van der Waals surface area contributed by atoms with E-state index in [1.165, 1.54) is 12.1 Å². The summed E-state index contributed by atoms with van der Waals surface area (Å²) in [7, 11) is 0. The number of para-hydroxylation sites is 1. The standard InChI is InChI=1S/C19H19F2NO2/c20-15-11-14(12-16(21)13-15)5-4-8-19(24)9-10-22(18(19)23)17-6-2-1-3-7-17/h1-3,6-7,11-13,24H,4-5,8-10H2. The molecule has 1 atom stereocenters. The molecular formula is C19H19F2NO2. The van der Waals surface area contributed by atoms with Gasteiger partial charge in [0, 0.05) is 24.7 Å². The summed E-state index contributed by atoms with van der Waals surface area (Å²) in [4.78, 5) is 14.1. The summed E-state index contributed by atoms with van der Waals surface area (Å²) >= 11 is 0. The zero-order valence-corrected chi connectivity index (χ0v) is 13.2. The number of amides is 1. The molecule has 0 aliphatic carbocycles. The fourth-order valence-corrected chi connectivity index (χ4v) is 3.18. The molecule has 0 radical (unpaired) electrons. The Balaban J connectivity index is 1.62. The van der Waals surface area contributed by atoms with Gasteiger partial charge in [-0.3, -0.25) is 4.79 Å². The highest BCUT2D eigenvalue weighted by Gasteiger charge is 2.44. The molecule has 5 heteroatoms. The number of nitrogens with zero attached hydrogens (tertiary/aromatic N) is 1. The Morgan fingerprint density at radius 2 is 1.75 bits per heavy atom. The lowest BCUT2D eigenvalue weighted by molar-refractivity contribution is -0.133. The van der Waals surface area contributed by atoms with Crippen molar-refractivity contribution in [2.24, 2.45) is 0 Å². The fourth-order valence-electron chi connectivity index (χ4n) is 3.18. The van der Waals surface area contributed by atoms with Crippen LogP contribution in [0, 0.1) is 11.6 Å². The Morgan fingerprint density at radius 3 is 2.42 bits per heavy atom. The van der Waals surface area contributed by atoms with Gasteiger partial charge in [-0.05, 0) is 49.1 Å². The lowest BCUT2D eigenvalue weighted by Crippen LogP contribution is -2.40. The van der Waals surface area contributed by atoms with E-state index >= 15 is 0 Å². The van der Waals surface area contributed by atoms with Crippen molar-refractivity contribution in [2.45, 2.75) is 31.3 Å². The van der Waals surface area contributed by atoms with Gasteiger partial charge in [0.2, 0.25) is 0 Å². The van der Waals surface area contributed by atoms with Gasteiger partial charge in [0.15, 0.2) is 0 Å². The molecule has 1 N–H and O–H groups in total. The lowest BCUT2D eigenvalue weighted by atomic mass is 9.93. The first-order valence-electron chi connectivity index (χ1n) is 8.02. The van der Waals surface area contributed by atoms with Crippen LogP contribution in [0.5, 0.6) is 0 Å². The zero-order valence-electron chi connectivity index (χ0n) is 13.2. The highest BCUT2D eigenvalue weighted by Crippen LogP contribution is 2.31. The number of halogens is 2. The first-order valence-corrected chi connectivity index (χ1v) is 8.02. The summed E-state index contributed by atoms with van der Waals surface area (Å²) in [5.41, 5.74) is -0.103. The van der Waals surface area contributed by atoms with Crippen LogP contribution in [0.4, 0.5) is 14.5 Å². The maximum absolute atomic E-state index is 13.2. The van der Waals surface area contributed by atoms with Crippen molar-refractivity contribution in [3.05, 3.63) is 65.7 Å². The van der Waals surface area contributed by atoms with Crippen LogP contribution in [0.2, 0.25) is 0 Å². The van der Waals surface area contributed by atoms with Crippen molar-refractivity contribution in [1.29, 1.82) is 0 Å². The third-order valence-electron chi connectivity index (χ3n) is 4.44. The number of aliphatic hydroxyl groups is 1. The van der Waals surface area contributed by atoms with E-state index in [1.54, 1.807) is 4.90 Å². The predicted molar refractivity (Wildman–Crippen MR) is 87.7 cm³/mol. The quantitative estimate of drug-likeness (QED) is 0.911. The molecule has 24 heavy (non-hydrogen) atoms. The molecule has 1 aliphatic heterocycles. The molecule has 3 nitrogen and oxygen atoms in total. The molecule has 2 aromatic rings. The monoisotopic (exact) mass is 331 g/mol. The molecular weight excluding hydrogens is 312 g/mol. The predicted octanol–water partition coefficient (Wildman–Crippen LogP) is 3.46. The number of hydrogen-bond donors (Lipinski definition) is 1. The minimum absolute atomic E-state index is 0.271. The van der Waals surface area contributed by atoms with Gasteiger partial charge >= 0.3 is 0 Å². The van der Waals surface area contributed by atoms with Gasteiger partial charge in [-0.2, -0.15) is 0 Å². The molecule has 1 saturated heterocycles. The maximum Gasteiger partial charge on any atom is 0.259 e. The van der Waals surface area contributed by atoms with E-state index in [-0.39, 0.29) is 12.3 Å². The van der Waals surface area contributed by atoms with Gasteiger partial charge in [0.25, 0.3) is 5.91 Å². The summed E-state index contributed by atoms with van der Waals surface area (Å²) in [6, 6.07) is 12.6. The van der Waals surface area contributed by atoms with Crippen molar-refractivity contribution < 1.29 is 18.7 Å². The van der Waals surface area contributed by atoms with Crippen molar-refractivity contribution >= 4 is 11.6 Å². The highest BCUT2D eigenvalue weighted by atomic mass is 19.1. The first kappa shape index (κ1) is 16.6. The van der Waals surface area contributed by atoms with Crippen LogP contribution in [-0.2, 0) is 11.2 Å². The average Bonchev–Trinajstić information content (AvgIpc) is 2.83. The van der Waals surface area contributed by atoms with Crippen LogP contribution < -0.4 is 4.90 Å². The molecule has 0 bridgehead atoms. The molecule has 1 unspecified atom stereocenters. The molecule has 0 spiro atoms. The maximum atomic E-state index is 13.2. The zero-order chi connectivity index (χ0) is 17.2. The van der Waals surface area contributed by atoms with E-state index < -0.39 is 17.2 Å². The van der Waals surface area contributed by atoms with E-state index in [2.05, 4.69) is 0 Å². The fraction of sp³-hybridized carbons (Fsp3) is 0.316. The SMILES string of the molecule is O=C1N(c2ccccc2)CCC1(O)CCCc1cc(F)cc(F)c1. The van der Waals surface area contributed by atoms with Gasteiger partial charge in [0.05, 0.1) is 0 Å². The minimum Gasteiger partial charge on any atom is -0.380 e. The van der Waals surface area contributed by atoms with Gasteiger partial charge in [0.1, 0.15) is 17.2 Å². The minimum atomic E-state index is -1.40. The van der Waals surface area contributed by atoms with Crippen LogP contribution >= 0.6 is 0 Å². The largest absolute Gasteiger partial charge is 0.380 e. The van der Waals surface area contributed by atoms with Crippen molar-refractivity contribution in [3.63, 3.8) is 0 Å². The molecule has 1 fully saturated rings. The Morgan fingerprint density at radius 1 is 1.08 bits per heavy atom. The Labute approximate surface area is 139 Å². The number of hydrogen-bond acceptors (Lipinski definition) is 2. The second-order valence-corrected chi connectivity index (χ2v) is 6.21. The average molecular weight is 331 g/mol. The van der Waals surface area contributed by atoms with E-state index in [9.17, 15) is 18.7 Å². The third kappa shape index (κ3) is 3.46. The summed E-state index contributed by atoms with van der Waals surface area (Å²) in [5.74, 6) is -1.54. The second-order valence-electron chi connectivity index (χ2n) is 6.21. The van der Waals surface area contributed by atoms with E-state index in [1.807, 2.05) is 30.3 Å². The molecule has 126 valence electrons. The van der Waals surface area contributed by atoms with E-state index in [0.717, 1.165) is 11.8 Å². The van der Waals surface area contributed by atoms with Crippen LogP contribution in [0.25, 0.3) is 0 Å². The van der Waals surface area contributed by atoms with E-state index in [4.69, 9.17) is 0 Å². The summed E-state index contributed by atoms with van der Waals surface area (Å²) in [5, 5.41) is 10.6. The van der Waals surface area contributed by atoms with E-state index in [0.29, 0.717) is 31.4 Å². The van der Waals surface area contributed by atoms with Crippen LogP contribution in [0.15, 0.2) is 48.5 Å². The molecule has 1 aliphatic rings. The van der Waals surface area contributed by atoms with Crippen molar-refractivity contribution in [2.75, 3.05) is 11.4 Å². The molecule has 1 amide bonds. The van der Waals surface area contributed by atoms with Gasteiger partial charge in [-0.1, -0.05) is 18.2 Å². The topological polar surface area (TPSA) is 40.5 Å². The molecule has 0 saturated carbocycles. The number of rotatable bonds is 5. The lowest BCUT2D eigenvalue weighted by Gasteiger charge is -2.22. The third-order valence-corrected chi connectivity index (χ3v) is 4.44. The molecule has 1 heterocycles. The molecule has 0 aromatic heterocycles. The smallest absolute Gasteiger partial charge is 0.259 e. The number of benzene rings is 2. The number of carbonyl (C=O) groups is 1. The van der Waals surface area contributed by atoms with Crippen molar-refractivity contribution in [1.82, 2.24) is 0 Å². The first-order chi connectivity index (χ1) is 11.5. The molecule has 3 rings (SSSR count). The highest BCUT2D eigenvalue weighted by molar-refractivity contribution is 6.01. The van der Waals surface area contributed by atoms with Gasteiger partial charge in [-0.25, -0.2) is 8.78 Å². The van der Waals surface area contributed by atoms with Crippen LogP contribution in [0.1, 0.15) is 24.8 Å². The Kier molecular flexibility index (Phi) is 4.62. The number of aryl methyl sites for hydroxylation is 1. The van der Waals surface area contributed by atoms with Gasteiger partial charge in [-0.15, -0.1) is 0 Å². The summed E-state index contributed by atoms with van der Waals surface area (Å²) in [6.07, 6.45) is 1.52.